The summed E-state index contributed by atoms with van der Waals surface area (Å²) in [7, 11) is 1.66. The number of methoxy groups -OCH3 is 1. The molecule has 0 aliphatic carbocycles. The molecule has 0 spiro atoms. The molecule has 2 aromatic carbocycles. The standard InChI is InChI=1S/C18H16O3S/c1-3-21-18(19)13-6-4-5-12(9-13)17-11-14-10-15(20-2)7-8-16(14)22-17/h4-11H,3H2,1-2H3. The predicted molar refractivity (Wildman–Crippen MR) is 89.8 cm³/mol. The second kappa shape index (κ2) is 6.20. The third-order valence-electron chi connectivity index (χ3n) is 3.38. The van der Waals surface area contributed by atoms with Crippen molar-refractivity contribution in [2.24, 2.45) is 0 Å². The van der Waals surface area contributed by atoms with Gasteiger partial charge in [0, 0.05) is 9.58 Å². The Morgan fingerprint density at radius 3 is 2.77 bits per heavy atom. The van der Waals surface area contributed by atoms with Gasteiger partial charge in [-0.15, -0.1) is 11.3 Å². The van der Waals surface area contributed by atoms with Crippen molar-refractivity contribution in [3.8, 4) is 16.2 Å². The van der Waals surface area contributed by atoms with Gasteiger partial charge < -0.3 is 9.47 Å². The van der Waals surface area contributed by atoms with Crippen LogP contribution in [0.2, 0.25) is 0 Å². The highest BCUT2D eigenvalue weighted by Crippen LogP contribution is 2.35. The molecule has 0 amide bonds. The van der Waals surface area contributed by atoms with Gasteiger partial charge in [-0.2, -0.15) is 0 Å². The first-order valence-electron chi connectivity index (χ1n) is 7.06. The van der Waals surface area contributed by atoms with E-state index in [9.17, 15) is 4.79 Å². The molecule has 0 unspecified atom stereocenters. The lowest BCUT2D eigenvalue weighted by molar-refractivity contribution is 0.0526. The fourth-order valence-electron chi connectivity index (χ4n) is 2.30. The van der Waals surface area contributed by atoms with Gasteiger partial charge in [0.05, 0.1) is 19.3 Å². The smallest absolute Gasteiger partial charge is 0.338 e. The van der Waals surface area contributed by atoms with E-state index >= 15 is 0 Å². The quantitative estimate of drug-likeness (QED) is 0.652. The minimum atomic E-state index is -0.285. The van der Waals surface area contributed by atoms with Gasteiger partial charge in [-0.05, 0) is 54.3 Å². The maximum Gasteiger partial charge on any atom is 0.338 e. The van der Waals surface area contributed by atoms with E-state index in [4.69, 9.17) is 9.47 Å². The fraction of sp³-hybridized carbons (Fsp3) is 0.167. The van der Waals surface area contributed by atoms with Crippen LogP contribution < -0.4 is 4.74 Å². The Balaban J connectivity index is 2.00. The van der Waals surface area contributed by atoms with E-state index in [2.05, 4.69) is 12.1 Å². The first-order valence-corrected chi connectivity index (χ1v) is 7.88. The molecule has 1 heterocycles. The van der Waals surface area contributed by atoms with Crippen LogP contribution in [-0.2, 0) is 4.74 Å². The summed E-state index contributed by atoms with van der Waals surface area (Å²) in [5, 5.41) is 1.14. The van der Waals surface area contributed by atoms with Crippen molar-refractivity contribution >= 4 is 27.4 Å². The molecule has 22 heavy (non-hydrogen) atoms. The second-order valence-corrected chi connectivity index (χ2v) is 5.90. The molecule has 0 atom stereocenters. The lowest BCUT2D eigenvalue weighted by Crippen LogP contribution is -2.04. The zero-order valence-corrected chi connectivity index (χ0v) is 13.3. The molecule has 0 aliphatic rings. The van der Waals surface area contributed by atoms with Crippen LogP contribution in [-0.4, -0.2) is 19.7 Å². The Labute approximate surface area is 133 Å². The number of carbonyl (C=O) groups is 1. The van der Waals surface area contributed by atoms with Crippen LogP contribution in [0, 0.1) is 0 Å². The number of benzene rings is 2. The van der Waals surface area contributed by atoms with Gasteiger partial charge in [0.2, 0.25) is 0 Å². The number of ether oxygens (including phenoxy) is 2. The summed E-state index contributed by atoms with van der Waals surface area (Å²) in [6.45, 7) is 2.19. The number of fused-ring (bicyclic) bond motifs is 1. The second-order valence-electron chi connectivity index (χ2n) is 4.82. The molecular weight excluding hydrogens is 296 g/mol. The molecule has 0 N–H and O–H groups in total. The zero-order valence-electron chi connectivity index (χ0n) is 12.5. The largest absolute Gasteiger partial charge is 0.497 e. The molecule has 3 aromatic rings. The van der Waals surface area contributed by atoms with Crippen molar-refractivity contribution in [1.82, 2.24) is 0 Å². The lowest BCUT2D eigenvalue weighted by atomic mass is 10.1. The summed E-state index contributed by atoms with van der Waals surface area (Å²) >= 11 is 1.70. The number of hydrogen-bond acceptors (Lipinski definition) is 4. The van der Waals surface area contributed by atoms with Gasteiger partial charge >= 0.3 is 5.97 Å². The van der Waals surface area contributed by atoms with Crippen molar-refractivity contribution < 1.29 is 14.3 Å². The highest BCUT2D eigenvalue weighted by atomic mass is 32.1. The maximum absolute atomic E-state index is 11.8. The van der Waals surface area contributed by atoms with Crippen molar-refractivity contribution in [3.05, 3.63) is 54.1 Å². The van der Waals surface area contributed by atoms with Crippen LogP contribution in [0.1, 0.15) is 17.3 Å². The number of carbonyl (C=O) groups excluding carboxylic acids is 1. The number of thiophene rings is 1. The summed E-state index contributed by atoms with van der Waals surface area (Å²) < 4.78 is 11.5. The summed E-state index contributed by atoms with van der Waals surface area (Å²) in [5.41, 5.74) is 1.60. The summed E-state index contributed by atoms with van der Waals surface area (Å²) in [5.74, 6) is 0.559. The highest BCUT2D eigenvalue weighted by molar-refractivity contribution is 7.22. The average Bonchev–Trinajstić information content (AvgIpc) is 2.98. The van der Waals surface area contributed by atoms with Crippen LogP contribution in [0.15, 0.2) is 48.5 Å². The summed E-state index contributed by atoms with van der Waals surface area (Å²) in [6, 6.07) is 15.7. The van der Waals surface area contributed by atoms with Crippen LogP contribution in [0.5, 0.6) is 5.75 Å². The van der Waals surface area contributed by atoms with Gasteiger partial charge in [0.15, 0.2) is 0 Å². The maximum atomic E-state index is 11.8. The van der Waals surface area contributed by atoms with E-state index in [1.54, 1.807) is 31.4 Å². The third-order valence-corrected chi connectivity index (χ3v) is 4.55. The molecule has 0 bridgehead atoms. The van der Waals surface area contributed by atoms with E-state index in [1.165, 1.54) is 4.70 Å². The van der Waals surface area contributed by atoms with E-state index in [0.717, 1.165) is 21.6 Å². The van der Waals surface area contributed by atoms with E-state index in [-0.39, 0.29) is 5.97 Å². The molecule has 0 aliphatic heterocycles. The van der Waals surface area contributed by atoms with E-state index < -0.39 is 0 Å². The molecule has 1 aromatic heterocycles. The molecule has 3 rings (SSSR count). The molecule has 0 saturated heterocycles. The Kier molecular flexibility index (Phi) is 4.11. The Hall–Kier alpha value is -2.33. The molecule has 3 nitrogen and oxygen atoms in total. The van der Waals surface area contributed by atoms with Crippen molar-refractivity contribution in [2.45, 2.75) is 6.92 Å². The molecule has 4 heteroatoms. The topological polar surface area (TPSA) is 35.5 Å². The molecular formula is C18H16O3S. The van der Waals surface area contributed by atoms with E-state index in [0.29, 0.717) is 12.2 Å². The van der Waals surface area contributed by atoms with Gasteiger partial charge in [0.25, 0.3) is 0 Å². The Morgan fingerprint density at radius 1 is 1.14 bits per heavy atom. The minimum absolute atomic E-state index is 0.285. The Bertz CT molecular complexity index is 820. The van der Waals surface area contributed by atoms with Crippen LogP contribution in [0.25, 0.3) is 20.5 Å². The molecule has 0 saturated carbocycles. The van der Waals surface area contributed by atoms with Gasteiger partial charge in [-0.3, -0.25) is 0 Å². The van der Waals surface area contributed by atoms with Crippen LogP contribution in [0.3, 0.4) is 0 Å². The minimum Gasteiger partial charge on any atom is -0.497 e. The summed E-state index contributed by atoms with van der Waals surface area (Å²) in [6.07, 6.45) is 0. The predicted octanol–water partition coefficient (Wildman–Crippen LogP) is 4.75. The first kappa shape index (κ1) is 14.6. The fourth-order valence-corrected chi connectivity index (χ4v) is 3.34. The van der Waals surface area contributed by atoms with Gasteiger partial charge in [0.1, 0.15) is 5.75 Å². The highest BCUT2D eigenvalue weighted by Gasteiger charge is 2.10. The van der Waals surface area contributed by atoms with Gasteiger partial charge in [-0.1, -0.05) is 12.1 Å². The molecule has 112 valence electrons. The average molecular weight is 312 g/mol. The Morgan fingerprint density at radius 2 is 2.00 bits per heavy atom. The zero-order chi connectivity index (χ0) is 15.5. The van der Waals surface area contributed by atoms with Crippen molar-refractivity contribution in [3.63, 3.8) is 0 Å². The third kappa shape index (κ3) is 2.83. The molecule has 0 fully saturated rings. The van der Waals surface area contributed by atoms with E-state index in [1.807, 2.05) is 30.3 Å². The van der Waals surface area contributed by atoms with Crippen molar-refractivity contribution in [2.75, 3.05) is 13.7 Å². The first-order chi connectivity index (χ1) is 10.7. The number of rotatable bonds is 4. The van der Waals surface area contributed by atoms with Crippen LogP contribution >= 0.6 is 11.3 Å². The molecule has 0 radical (unpaired) electrons. The summed E-state index contributed by atoms with van der Waals surface area (Å²) in [4.78, 5) is 13.0. The van der Waals surface area contributed by atoms with Crippen LogP contribution in [0.4, 0.5) is 0 Å². The monoisotopic (exact) mass is 312 g/mol. The number of hydrogen-bond donors (Lipinski definition) is 0. The SMILES string of the molecule is CCOC(=O)c1cccc(-c2cc3cc(OC)ccc3s2)c1. The number of esters is 1. The lowest BCUT2D eigenvalue weighted by Gasteiger charge is -2.03. The van der Waals surface area contributed by atoms with Crippen molar-refractivity contribution in [1.29, 1.82) is 0 Å². The van der Waals surface area contributed by atoms with Gasteiger partial charge in [-0.25, -0.2) is 4.79 Å². The normalized spacial score (nSPS) is 10.6.